The Hall–Kier alpha value is -1.35. The van der Waals surface area contributed by atoms with E-state index in [0.717, 1.165) is 36.5 Å². The topological polar surface area (TPSA) is 49.4 Å². The Balaban J connectivity index is 1.83. The zero-order chi connectivity index (χ0) is 18.7. The molecule has 0 bridgehead atoms. The highest BCUT2D eigenvalue weighted by Gasteiger charge is 2.27. The van der Waals surface area contributed by atoms with Crippen LogP contribution in [0.5, 0.6) is 0 Å². The Bertz CT molecular complexity index is 869. The van der Waals surface area contributed by atoms with Crippen molar-refractivity contribution < 1.29 is 17.2 Å². The van der Waals surface area contributed by atoms with Gasteiger partial charge in [0.15, 0.2) is 0 Å². The van der Waals surface area contributed by atoms with Crippen molar-refractivity contribution in [2.24, 2.45) is 0 Å². The molecule has 0 aliphatic carbocycles. The molecular formula is C18H19BrF2N2O2S. The van der Waals surface area contributed by atoms with Crippen LogP contribution in [-0.2, 0) is 10.0 Å². The molecule has 0 saturated carbocycles. The molecule has 1 aliphatic heterocycles. The maximum Gasteiger partial charge on any atom is 0.240 e. The molecule has 0 aromatic heterocycles. The predicted octanol–water partition coefficient (Wildman–Crippen LogP) is 3.84. The molecule has 0 radical (unpaired) electrons. The van der Waals surface area contributed by atoms with Gasteiger partial charge in [-0.25, -0.2) is 21.9 Å². The number of likely N-dealkylation sites (tertiary alicyclic amines) is 1. The maximum atomic E-state index is 14.3. The van der Waals surface area contributed by atoms with Crippen molar-refractivity contribution in [3.8, 4) is 0 Å². The smallest absolute Gasteiger partial charge is 0.240 e. The van der Waals surface area contributed by atoms with E-state index in [0.29, 0.717) is 5.56 Å². The summed E-state index contributed by atoms with van der Waals surface area (Å²) in [4.78, 5) is 2.17. The van der Waals surface area contributed by atoms with E-state index in [1.165, 1.54) is 24.3 Å². The fourth-order valence-electron chi connectivity index (χ4n) is 3.15. The monoisotopic (exact) mass is 444 g/mol. The number of benzene rings is 2. The molecule has 2 aromatic carbocycles. The summed E-state index contributed by atoms with van der Waals surface area (Å²) in [5.74, 6) is -1.31. The van der Waals surface area contributed by atoms with E-state index in [-0.39, 0.29) is 11.4 Å². The van der Waals surface area contributed by atoms with Crippen LogP contribution in [0.3, 0.4) is 0 Å². The molecular weight excluding hydrogens is 426 g/mol. The summed E-state index contributed by atoms with van der Waals surface area (Å²) in [6, 6.07) is 9.22. The normalized spacial score (nSPS) is 16.7. The van der Waals surface area contributed by atoms with Crippen molar-refractivity contribution in [2.75, 3.05) is 19.6 Å². The molecule has 0 spiro atoms. The highest BCUT2D eigenvalue weighted by atomic mass is 79.9. The lowest BCUT2D eigenvalue weighted by molar-refractivity contribution is 0.241. The van der Waals surface area contributed by atoms with E-state index in [2.05, 4.69) is 20.7 Å². The van der Waals surface area contributed by atoms with Crippen LogP contribution < -0.4 is 4.72 Å². The molecule has 0 amide bonds. The number of halogens is 3. The maximum absolute atomic E-state index is 14.3. The van der Waals surface area contributed by atoms with Gasteiger partial charge in [0.05, 0.1) is 10.9 Å². The molecule has 140 valence electrons. The van der Waals surface area contributed by atoms with Crippen molar-refractivity contribution in [3.05, 3.63) is 64.1 Å². The third-order valence-electron chi connectivity index (χ3n) is 4.49. The van der Waals surface area contributed by atoms with Crippen LogP contribution in [0.1, 0.15) is 24.4 Å². The van der Waals surface area contributed by atoms with Gasteiger partial charge in [-0.05, 0) is 56.3 Å². The molecule has 3 rings (SSSR count). The zero-order valence-electron chi connectivity index (χ0n) is 14.0. The SMILES string of the molecule is O=S(=O)(NC[C@H](c1ccc(F)cc1F)N1CCCC1)c1ccc(Br)cc1. The molecule has 1 heterocycles. The summed E-state index contributed by atoms with van der Waals surface area (Å²) < 4.78 is 56.0. The van der Waals surface area contributed by atoms with E-state index in [1.807, 2.05) is 4.90 Å². The molecule has 8 heteroatoms. The average molecular weight is 445 g/mol. The van der Waals surface area contributed by atoms with Gasteiger partial charge in [-0.3, -0.25) is 4.90 Å². The van der Waals surface area contributed by atoms with E-state index in [1.54, 1.807) is 12.1 Å². The highest BCUT2D eigenvalue weighted by Crippen LogP contribution is 2.27. The van der Waals surface area contributed by atoms with Gasteiger partial charge < -0.3 is 0 Å². The van der Waals surface area contributed by atoms with Crippen LogP contribution in [0.2, 0.25) is 0 Å². The Labute approximate surface area is 160 Å². The number of hydrogen-bond donors (Lipinski definition) is 1. The Morgan fingerprint density at radius 1 is 1.08 bits per heavy atom. The Morgan fingerprint density at radius 2 is 1.73 bits per heavy atom. The minimum atomic E-state index is -3.72. The lowest BCUT2D eigenvalue weighted by Gasteiger charge is -2.28. The first-order valence-corrected chi connectivity index (χ1v) is 10.6. The zero-order valence-corrected chi connectivity index (χ0v) is 16.4. The van der Waals surface area contributed by atoms with Crippen LogP contribution >= 0.6 is 15.9 Å². The van der Waals surface area contributed by atoms with Crippen LogP contribution in [0.25, 0.3) is 0 Å². The quantitative estimate of drug-likeness (QED) is 0.735. The second-order valence-electron chi connectivity index (χ2n) is 6.23. The van der Waals surface area contributed by atoms with Gasteiger partial charge in [0, 0.05) is 22.6 Å². The van der Waals surface area contributed by atoms with Crippen molar-refractivity contribution in [1.82, 2.24) is 9.62 Å². The molecule has 26 heavy (non-hydrogen) atoms. The summed E-state index contributed by atoms with van der Waals surface area (Å²) in [5.41, 5.74) is 0.298. The second-order valence-corrected chi connectivity index (χ2v) is 8.91. The molecule has 1 fully saturated rings. The molecule has 2 aromatic rings. The largest absolute Gasteiger partial charge is 0.295 e. The minimum absolute atomic E-state index is 0.0148. The molecule has 1 aliphatic rings. The van der Waals surface area contributed by atoms with E-state index >= 15 is 0 Å². The van der Waals surface area contributed by atoms with Crippen molar-refractivity contribution >= 4 is 26.0 Å². The van der Waals surface area contributed by atoms with E-state index in [9.17, 15) is 17.2 Å². The third-order valence-corrected chi connectivity index (χ3v) is 6.46. The van der Waals surface area contributed by atoms with Gasteiger partial charge in [-0.1, -0.05) is 22.0 Å². The van der Waals surface area contributed by atoms with Gasteiger partial charge in [0.2, 0.25) is 10.0 Å². The minimum Gasteiger partial charge on any atom is -0.295 e. The lowest BCUT2D eigenvalue weighted by Crippen LogP contribution is -2.37. The van der Waals surface area contributed by atoms with Crippen molar-refractivity contribution in [3.63, 3.8) is 0 Å². The second kappa shape index (κ2) is 8.12. The van der Waals surface area contributed by atoms with E-state index in [4.69, 9.17) is 0 Å². The van der Waals surface area contributed by atoms with Gasteiger partial charge in [-0.2, -0.15) is 0 Å². The fraction of sp³-hybridized carbons (Fsp3) is 0.333. The summed E-state index contributed by atoms with van der Waals surface area (Å²) in [6.07, 6.45) is 1.94. The van der Waals surface area contributed by atoms with Gasteiger partial charge >= 0.3 is 0 Å². The fourth-order valence-corrected chi connectivity index (χ4v) is 4.45. The number of hydrogen-bond acceptors (Lipinski definition) is 3. The van der Waals surface area contributed by atoms with Crippen LogP contribution in [0.15, 0.2) is 51.8 Å². The highest BCUT2D eigenvalue weighted by molar-refractivity contribution is 9.10. The van der Waals surface area contributed by atoms with E-state index < -0.39 is 27.7 Å². The summed E-state index contributed by atoms with van der Waals surface area (Å²) in [7, 11) is -3.72. The summed E-state index contributed by atoms with van der Waals surface area (Å²) in [6.45, 7) is 1.52. The molecule has 1 N–H and O–H groups in total. The third kappa shape index (κ3) is 4.49. The number of nitrogens with zero attached hydrogens (tertiary/aromatic N) is 1. The first-order chi connectivity index (χ1) is 12.4. The van der Waals surface area contributed by atoms with Gasteiger partial charge in [-0.15, -0.1) is 0 Å². The van der Waals surface area contributed by atoms with Crippen molar-refractivity contribution in [1.29, 1.82) is 0 Å². The number of nitrogens with one attached hydrogen (secondary N) is 1. The molecule has 1 atom stereocenters. The standard InChI is InChI=1S/C18H19BrF2N2O2S/c19-13-3-6-15(7-4-13)26(24,25)22-12-18(23-9-1-2-10-23)16-8-5-14(20)11-17(16)21/h3-8,11,18,22H,1-2,9-10,12H2/t18-/m1/s1. The Morgan fingerprint density at radius 3 is 2.35 bits per heavy atom. The van der Waals surface area contributed by atoms with Gasteiger partial charge in [0.25, 0.3) is 0 Å². The lowest BCUT2D eigenvalue weighted by atomic mass is 10.0. The van der Waals surface area contributed by atoms with Crippen molar-refractivity contribution in [2.45, 2.75) is 23.8 Å². The first-order valence-electron chi connectivity index (χ1n) is 8.31. The average Bonchev–Trinajstić information content (AvgIpc) is 3.11. The van der Waals surface area contributed by atoms with Crippen LogP contribution in [0.4, 0.5) is 8.78 Å². The van der Waals surface area contributed by atoms with Gasteiger partial charge in [0.1, 0.15) is 11.6 Å². The molecule has 0 unspecified atom stereocenters. The van der Waals surface area contributed by atoms with Crippen LogP contribution in [0, 0.1) is 11.6 Å². The summed E-state index contributed by atoms with van der Waals surface area (Å²) in [5, 5.41) is 0. The molecule has 4 nitrogen and oxygen atoms in total. The molecule has 1 saturated heterocycles. The van der Waals surface area contributed by atoms with Crippen LogP contribution in [-0.4, -0.2) is 33.0 Å². The summed E-state index contributed by atoms with van der Waals surface area (Å²) >= 11 is 3.27. The number of sulfonamides is 1. The number of rotatable bonds is 6. The Kier molecular flexibility index (Phi) is 6.06. The first kappa shape index (κ1) is 19.4. The predicted molar refractivity (Wildman–Crippen MR) is 99.2 cm³/mol.